The Labute approximate surface area is 96.0 Å². The van der Waals surface area contributed by atoms with Gasteiger partial charge in [0.2, 0.25) is 0 Å². The molecular formula is C13H17NO2. The van der Waals surface area contributed by atoms with Crippen molar-refractivity contribution in [1.29, 1.82) is 0 Å². The summed E-state index contributed by atoms with van der Waals surface area (Å²) in [5.74, 6) is 0. The van der Waals surface area contributed by atoms with Crippen molar-refractivity contribution >= 4 is 12.0 Å². The number of aldehydes is 1. The third kappa shape index (κ3) is 2.83. The summed E-state index contributed by atoms with van der Waals surface area (Å²) >= 11 is 0. The molecule has 86 valence electrons. The molecule has 2 rings (SSSR count). The molecule has 16 heavy (non-hydrogen) atoms. The summed E-state index contributed by atoms with van der Waals surface area (Å²) in [6.45, 7) is 3.56. The topological polar surface area (TPSA) is 29.5 Å². The molecule has 1 saturated heterocycles. The smallest absolute Gasteiger partial charge is 0.120 e. The normalized spacial score (nSPS) is 16.1. The Morgan fingerprint density at radius 1 is 1.19 bits per heavy atom. The number of ether oxygens (including phenoxy) is 1. The average molecular weight is 219 g/mol. The Bertz CT molecular complexity index is 328. The second-order valence-electron chi connectivity index (χ2n) is 3.97. The van der Waals surface area contributed by atoms with Gasteiger partial charge >= 0.3 is 0 Å². The maximum Gasteiger partial charge on any atom is 0.120 e. The van der Waals surface area contributed by atoms with Crippen molar-refractivity contribution in [2.75, 3.05) is 31.2 Å². The molecule has 0 aromatic heterocycles. The molecule has 1 fully saturated rings. The van der Waals surface area contributed by atoms with Gasteiger partial charge in [0.25, 0.3) is 0 Å². The van der Waals surface area contributed by atoms with E-state index in [0.29, 0.717) is 6.42 Å². The number of carbonyl (C=O) groups is 1. The summed E-state index contributed by atoms with van der Waals surface area (Å²) in [7, 11) is 0. The van der Waals surface area contributed by atoms with Gasteiger partial charge in [-0.15, -0.1) is 0 Å². The monoisotopic (exact) mass is 219 g/mol. The number of anilines is 1. The first kappa shape index (κ1) is 11.1. The van der Waals surface area contributed by atoms with Gasteiger partial charge < -0.3 is 14.4 Å². The van der Waals surface area contributed by atoms with Crippen molar-refractivity contribution in [3.05, 3.63) is 29.8 Å². The number of aryl methyl sites for hydroxylation is 1. The van der Waals surface area contributed by atoms with E-state index >= 15 is 0 Å². The number of morpholine rings is 1. The Morgan fingerprint density at radius 2 is 1.88 bits per heavy atom. The van der Waals surface area contributed by atoms with Crippen LogP contribution in [0.15, 0.2) is 24.3 Å². The Hall–Kier alpha value is -1.35. The van der Waals surface area contributed by atoms with Gasteiger partial charge in [0.15, 0.2) is 0 Å². The molecule has 1 aliphatic rings. The maximum atomic E-state index is 10.3. The molecule has 0 radical (unpaired) electrons. The Morgan fingerprint density at radius 3 is 2.50 bits per heavy atom. The highest BCUT2D eigenvalue weighted by atomic mass is 16.5. The van der Waals surface area contributed by atoms with Crippen molar-refractivity contribution in [3.63, 3.8) is 0 Å². The molecule has 0 atom stereocenters. The molecule has 1 aliphatic heterocycles. The van der Waals surface area contributed by atoms with Crippen LogP contribution in [0, 0.1) is 0 Å². The Balaban J connectivity index is 1.97. The molecule has 3 nitrogen and oxygen atoms in total. The lowest BCUT2D eigenvalue weighted by molar-refractivity contribution is -0.107. The van der Waals surface area contributed by atoms with Gasteiger partial charge in [-0.05, 0) is 24.1 Å². The van der Waals surface area contributed by atoms with E-state index in [1.165, 1.54) is 11.3 Å². The first-order chi connectivity index (χ1) is 7.90. The van der Waals surface area contributed by atoms with Crippen LogP contribution in [0.25, 0.3) is 0 Å². The van der Waals surface area contributed by atoms with Crippen LogP contribution in [-0.2, 0) is 16.0 Å². The van der Waals surface area contributed by atoms with E-state index in [2.05, 4.69) is 29.2 Å². The fourth-order valence-electron chi connectivity index (χ4n) is 1.92. The number of rotatable bonds is 4. The van der Waals surface area contributed by atoms with Crippen LogP contribution in [-0.4, -0.2) is 32.6 Å². The minimum Gasteiger partial charge on any atom is -0.378 e. The molecule has 0 amide bonds. The second kappa shape index (κ2) is 5.66. The maximum absolute atomic E-state index is 10.3. The highest BCUT2D eigenvalue weighted by molar-refractivity contribution is 5.51. The summed E-state index contributed by atoms with van der Waals surface area (Å²) in [6, 6.07) is 8.47. The molecule has 0 unspecified atom stereocenters. The summed E-state index contributed by atoms with van der Waals surface area (Å²) in [6.07, 6.45) is 2.42. The molecule has 0 saturated carbocycles. The molecule has 3 heteroatoms. The van der Waals surface area contributed by atoms with Crippen LogP contribution in [0.1, 0.15) is 12.0 Å². The third-order valence-corrected chi connectivity index (χ3v) is 2.86. The number of nitrogens with zero attached hydrogens (tertiary/aromatic N) is 1. The largest absolute Gasteiger partial charge is 0.378 e. The summed E-state index contributed by atoms with van der Waals surface area (Å²) < 4.78 is 5.32. The highest BCUT2D eigenvalue weighted by Gasteiger charge is 2.10. The summed E-state index contributed by atoms with van der Waals surface area (Å²) in [4.78, 5) is 12.6. The van der Waals surface area contributed by atoms with Crippen LogP contribution < -0.4 is 4.90 Å². The number of hydrogen-bond donors (Lipinski definition) is 0. The van der Waals surface area contributed by atoms with Crippen LogP contribution in [0.3, 0.4) is 0 Å². The minimum absolute atomic E-state index is 0.608. The first-order valence-electron chi connectivity index (χ1n) is 5.75. The lowest BCUT2D eigenvalue weighted by atomic mass is 10.1. The lowest BCUT2D eigenvalue weighted by Crippen LogP contribution is -2.36. The van der Waals surface area contributed by atoms with E-state index in [-0.39, 0.29) is 0 Å². The van der Waals surface area contributed by atoms with E-state index in [1.54, 1.807) is 0 Å². The SMILES string of the molecule is O=CCCc1ccc(N2CCOCC2)cc1. The summed E-state index contributed by atoms with van der Waals surface area (Å²) in [5.41, 5.74) is 2.47. The molecule has 0 aliphatic carbocycles. The standard InChI is InChI=1S/C13H17NO2/c15-9-1-2-12-3-5-13(6-4-12)14-7-10-16-11-8-14/h3-6,9H,1-2,7-8,10-11H2. The summed E-state index contributed by atoms with van der Waals surface area (Å²) in [5, 5.41) is 0. The van der Waals surface area contributed by atoms with E-state index in [9.17, 15) is 4.79 Å². The van der Waals surface area contributed by atoms with E-state index in [0.717, 1.165) is 39.0 Å². The lowest BCUT2D eigenvalue weighted by Gasteiger charge is -2.28. The molecule has 0 N–H and O–H groups in total. The van der Waals surface area contributed by atoms with Crippen LogP contribution in [0.4, 0.5) is 5.69 Å². The second-order valence-corrected chi connectivity index (χ2v) is 3.97. The Kier molecular flexibility index (Phi) is 3.94. The highest BCUT2D eigenvalue weighted by Crippen LogP contribution is 2.17. The van der Waals surface area contributed by atoms with Crippen LogP contribution in [0.2, 0.25) is 0 Å². The predicted octanol–water partition coefficient (Wildman–Crippen LogP) is 1.65. The van der Waals surface area contributed by atoms with E-state index in [4.69, 9.17) is 4.74 Å². The average Bonchev–Trinajstić information content (AvgIpc) is 2.38. The molecule has 1 aromatic rings. The number of benzene rings is 1. The van der Waals surface area contributed by atoms with Crippen LogP contribution >= 0.6 is 0 Å². The van der Waals surface area contributed by atoms with Crippen molar-refractivity contribution in [1.82, 2.24) is 0 Å². The van der Waals surface area contributed by atoms with Crippen molar-refractivity contribution in [2.24, 2.45) is 0 Å². The first-order valence-corrected chi connectivity index (χ1v) is 5.75. The molecular weight excluding hydrogens is 202 g/mol. The van der Waals surface area contributed by atoms with Gasteiger partial charge in [-0.2, -0.15) is 0 Å². The fraction of sp³-hybridized carbons (Fsp3) is 0.462. The van der Waals surface area contributed by atoms with Gasteiger partial charge in [-0.1, -0.05) is 12.1 Å². The van der Waals surface area contributed by atoms with Gasteiger partial charge in [0.1, 0.15) is 6.29 Å². The number of carbonyl (C=O) groups excluding carboxylic acids is 1. The predicted molar refractivity (Wildman–Crippen MR) is 63.9 cm³/mol. The quantitative estimate of drug-likeness (QED) is 0.721. The third-order valence-electron chi connectivity index (χ3n) is 2.86. The minimum atomic E-state index is 0.608. The van der Waals surface area contributed by atoms with Gasteiger partial charge in [-0.3, -0.25) is 0 Å². The zero-order chi connectivity index (χ0) is 11.2. The fourth-order valence-corrected chi connectivity index (χ4v) is 1.92. The zero-order valence-corrected chi connectivity index (χ0v) is 9.39. The molecule has 0 bridgehead atoms. The van der Waals surface area contributed by atoms with Crippen LogP contribution in [0.5, 0.6) is 0 Å². The van der Waals surface area contributed by atoms with Gasteiger partial charge in [-0.25, -0.2) is 0 Å². The molecule has 1 heterocycles. The molecule has 0 spiro atoms. The van der Waals surface area contributed by atoms with E-state index in [1.807, 2.05) is 0 Å². The number of hydrogen-bond acceptors (Lipinski definition) is 3. The van der Waals surface area contributed by atoms with E-state index < -0.39 is 0 Å². The van der Waals surface area contributed by atoms with Crippen molar-refractivity contribution in [2.45, 2.75) is 12.8 Å². The van der Waals surface area contributed by atoms with Crippen molar-refractivity contribution < 1.29 is 9.53 Å². The molecule has 1 aromatic carbocycles. The van der Waals surface area contributed by atoms with Gasteiger partial charge in [0.05, 0.1) is 13.2 Å². The van der Waals surface area contributed by atoms with Gasteiger partial charge in [0, 0.05) is 25.2 Å². The van der Waals surface area contributed by atoms with Crippen molar-refractivity contribution in [3.8, 4) is 0 Å². The zero-order valence-electron chi connectivity index (χ0n) is 9.39.